The summed E-state index contributed by atoms with van der Waals surface area (Å²) < 4.78 is 20.7. The molecule has 3 aromatic rings. The van der Waals surface area contributed by atoms with Crippen molar-refractivity contribution in [2.24, 2.45) is 0 Å². The van der Waals surface area contributed by atoms with Gasteiger partial charge >= 0.3 is 0 Å². The molecule has 1 N–H and O–H groups in total. The smallest absolute Gasteiger partial charge is 0.262 e. The summed E-state index contributed by atoms with van der Waals surface area (Å²) in [6.45, 7) is 1.96. The molecule has 0 aromatic heterocycles. The second-order valence-electron chi connectivity index (χ2n) is 10.1. The number of anilines is 2. The highest BCUT2D eigenvalue weighted by Gasteiger charge is 2.31. The Hall–Kier alpha value is -3.72. The number of fused-ring (bicyclic) bond motifs is 1. The number of likely N-dealkylation sites (tertiary alicyclic amines) is 1. The van der Waals surface area contributed by atoms with Crippen LogP contribution in [-0.2, 0) is 4.79 Å². The summed E-state index contributed by atoms with van der Waals surface area (Å²) in [5.74, 6) is -0.766. The summed E-state index contributed by atoms with van der Waals surface area (Å²) in [5, 5.41) is 2.85. The molecule has 0 bridgehead atoms. The molecule has 5 rings (SSSR count). The maximum atomic E-state index is 14.4. The third-order valence-electron chi connectivity index (χ3n) is 7.59. The van der Waals surface area contributed by atoms with Crippen molar-refractivity contribution in [2.45, 2.75) is 38.0 Å². The lowest BCUT2D eigenvalue weighted by molar-refractivity contribution is -0.130. The van der Waals surface area contributed by atoms with E-state index in [1.165, 1.54) is 19.2 Å². The number of hydrogen-bond donors (Lipinski definition) is 1. The lowest BCUT2D eigenvalue weighted by Crippen LogP contribution is -2.32. The van der Waals surface area contributed by atoms with E-state index in [2.05, 4.69) is 21.2 Å². The number of amides is 3. The zero-order chi connectivity index (χ0) is 28.2. The van der Waals surface area contributed by atoms with Gasteiger partial charge in [-0.3, -0.25) is 14.4 Å². The zero-order valence-corrected chi connectivity index (χ0v) is 23.9. The van der Waals surface area contributed by atoms with Gasteiger partial charge in [0.25, 0.3) is 11.8 Å². The van der Waals surface area contributed by atoms with Gasteiger partial charge in [-0.2, -0.15) is 0 Å². The van der Waals surface area contributed by atoms with Gasteiger partial charge in [-0.1, -0.05) is 12.1 Å². The van der Waals surface area contributed by atoms with Gasteiger partial charge in [-0.25, -0.2) is 4.39 Å². The van der Waals surface area contributed by atoms with Crippen molar-refractivity contribution in [2.75, 3.05) is 37.0 Å². The van der Waals surface area contributed by atoms with Gasteiger partial charge in [0.1, 0.15) is 11.6 Å². The molecule has 1 saturated heterocycles. The lowest BCUT2D eigenvalue weighted by atomic mass is 9.90. The topological polar surface area (TPSA) is 79.0 Å². The van der Waals surface area contributed by atoms with Gasteiger partial charge in [-0.05, 0) is 95.6 Å². The van der Waals surface area contributed by atoms with Gasteiger partial charge in [0, 0.05) is 48.0 Å². The van der Waals surface area contributed by atoms with Gasteiger partial charge in [0.15, 0.2) is 0 Å². The fourth-order valence-corrected chi connectivity index (χ4v) is 6.00. The molecule has 9 heteroatoms. The van der Waals surface area contributed by atoms with Crippen molar-refractivity contribution in [3.63, 3.8) is 0 Å². The SMILES string of the molecule is COc1cc(NC(=O)c2ccccc2Br)ccc1C(=O)N1CCCC(CC(=O)N2CCCC2)c2cc(F)ccc21. The molecule has 0 aliphatic carbocycles. The molecule has 0 radical (unpaired) electrons. The molecule has 1 unspecified atom stereocenters. The fraction of sp³-hybridized carbons (Fsp3) is 0.323. The average Bonchev–Trinajstić information content (AvgIpc) is 3.44. The molecule has 40 heavy (non-hydrogen) atoms. The molecule has 208 valence electrons. The Morgan fingerprint density at radius 1 is 0.975 bits per heavy atom. The molecule has 0 spiro atoms. The van der Waals surface area contributed by atoms with Crippen LogP contribution in [0.15, 0.2) is 65.1 Å². The largest absolute Gasteiger partial charge is 0.496 e. The van der Waals surface area contributed by atoms with Crippen LogP contribution in [0, 0.1) is 5.82 Å². The van der Waals surface area contributed by atoms with Crippen molar-refractivity contribution in [3.05, 3.63) is 87.6 Å². The Balaban J connectivity index is 1.40. The second kappa shape index (κ2) is 12.2. The minimum Gasteiger partial charge on any atom is -0.496 e. The molecule has 3 aromatic carbocycles. The first-order chi connectivity index (χ1) is 19.4. The van der Waals surface area contributed by atoms with Gasteiger partial charge in [0.2, 0.25) is 5.91 Å². The summed E-state index contributed by atoms with van der Waals surface area (Å²) in [5.41, 5.74) is 2.56. The highest BCUT2D eigenvalue weighted by molar-refractivity contribution is 9.10. The number of nitrogens with one attached hydrogen (secondary N) is 1. The molecule has 7 nitrogen and oxygen atoms in total. The van der Waals surface area contributed by atoms with Crippen LogP contribution in [0.4, 0.5) is 15.8 Å². The maximum Gasteiger partial charge on any atom is 0.262 e. The third-order valence-corrected chi connectivity index (χ3v) is 8.28. The number of benzene rings is 3. The van der Waals surface area contributed by atoms with Crippen LogP contribution in [-0.4, -0.2) is 49.4 Å². The first kappa shape index (κ1) is 27.8. The van der Waals surface area contributed by atoms with Crippen LogP contribution in [0.3, 0.4) is 0 Å². The monoisotopic (exact) mass is 607 g/mol. The van der Waals surface area contributed by atoms with Crippen LogP contribution < -0.4 is 15.0 Å². The first-order valence-corrected chi connectivity index (χ1v) is 14.3. The highest BCUT2D eigenvalue weighted by Crippen LogP contribution is 2.39. The van der Waals surface area contributed by atoms with Gasteiger partial charge in [0.05, 0.1) is 18.2 Å². The normalized spacial score (nSPS) is 16.7. The maximum absolute atomic E-state index is 14.4. The fourth-order valence-electron chi connectivity index (χ4n) is 5.53. The number of hydrogen-bond acceptors (Lipinski definition) is 4. The van der Waals surface area contributed by atoms with E-state index in [0.717, 1.165) is 25.9 Å². The minimum absolute atomic E-state index is 0.0827. The molecule has 3 amide bonds. The summed E-state index contributed by atoms with van der Waals surface area (Å²) in [4.78, 5) is 43.2. The first-order valence-electron chi connectivity index (χ1n) is 13.5. The van der Waals surface area contributed by atoms with Crippen LogP contribution >= 0.6 is 15.9 Å². The molecule has 0 saturated carbocycles. The zero-order valence-electron chi connectivity index (χ0n) is 22.3. The molecule has 1 atom stereocenters. The number of rotatable bonds is 6. The molecule has 2 aliphatic rings. The van der Waals surface area contributed by atoms with Crippen molar-refractivity contribution >= 4 is 45.0 Å². The van der Waals surface area contributed by atoms with E-state index in [9.17, 15) is 18.8 Å². The number of halogens is 2. The molecular weight excluding hydrogens is 577 g/mol. The number of methoxy groups -OCH3 is 1. The Labute approximate surface area is 241 Å². The predicted molar refractivity (Wildman–Crippen MR) is 156 cm³/mol. The van der Waals surface area contributed by atoms with E-state index >= 15 is 0 Å². The van der Waals surface area contributed by atoms with Crippen LogP contribution in [0.5, 0.6) is 5.75 Å². The van der Waals surface area contributed by atoms with E-state index < -0.39 is 5.82 Å². The molecule has 2 aliphatic heterocycles. The van der Waals surface area contributed by atoms with E-state index in [4.69, 9.17) is 4.74 Å². The minimum atomic E-state index is -0.394. The average molecular weight is 609 g/mol. The molecule has 1 fully saturated rings. The van der Waals surface area contributed by atoms with Gasteiger partial charge < -0.3 is 19.9 Å². The van der Waals surface area contributed by atoms with Crippen molar-refractivity contribution in [1.29, 1.82) is 0 Å². The molecular formula is C31H31BrFN3O4. The van der Waals surface area contributed by atoms with Crippen LogP contribution in [0.2, 0.25) is 0 Å². The Morgan fingerprint density at radius 2 is 1.75 bits per heavy atom. The summed E-state index contributed by atoms with van der Waals surface area (Å²) >= 11 is 3.39. The van der Waals surface area contributed by atoms with Crippen LogP contribution in [0.1, 0.15) is 64.3 Å². The van der Waals surface area contributed by atoms with Crippen molar-refractivity contribution < 1.29 is 23.5 Å². The number of nitrogens with zero attached hydrogens (tertiary/aromatic N) is 2. The van der Waals surface area contributed by atoms with E-state index in [1.807, 2.05) is 11.0 Å². The number of ether oxygens (including phenoxy) is 1. The number of carbonyl (C=O) groups excluding carboxylic acids is 3. The summed E-state index contributed by atoms with van der Waals surface area (Å²) in [6.07, 6.45) is 3.67. The van der Waals surface area contributed by atoms with E-state index in [0.29, 0.717) is 64.1 Å². The predicted octanol–water partition coefficient (Wildman–Crippen LogP) is 6.39. The van der Waals surface area contributed by atoms with Crippen molar-refractivity contribution in [3.8, 4) is 5.75 Å². The summed E-state index contributed by atoms with van der Waals surface area (Å²) in [7, 11) is 1.47. The lowest BCUT2D eigenvalue weighted by Gasteiger charge is -2.26. The Bertz CT molecular complexity index is 1440. The van der Waals surface area contributed by atoms with E-state index in [-0.39, 0.29) is 23.6 Å². The highest BCUT2D eigenvalue weighted by atomic mass is 79.9. The second-order valence-corrected chi connectivity index (χ2v) is 11.0. The quantitative estimate of drug-likeness (QED) is 0.352. The third kappa shape index (κ3) is 5.89. The Morgan fingerprint density at radius 3 is 2.50 bits per heavy atom. The van der Waals surface area contributed by atoms with Crippen LogP contribution in [0.25, 0.3) is 0 Å². The molecule has 2 heterocycles. The van der Waals surface area contributed by atoms with E-state index in [1.54, 1.807) is 47.4 Å². The van der Waals surface area contributed by atoms with Crippen molar-refractivity contribution in [1.82, 2.24) is 4.90 Å². The number of carbonyl (C=O) groups is 3. The van der Waals surface area contributed by atoms with Gasteiger partial charge in [-0.15, -0.1) is 0 Å². The standard InChI is InChI=1S/C31H31BrFN3O4/c1-40-28-19-22(34-30(38)23-8-2-3-9-26(23)32)11-12-24(28)31(39)36-16-6-7-20(17-29(37)35-14-4-5-15-35)25-18-21(33)10-13-27(25)36/h2-3,8-13,18-20H,4-7,14-17H2,1H3,(H,34,38). The summed E-state index contributed by atoms with van der Waals surface area (Å²) in [6, 6.07) is 16.4. The Kier molecular flexibility index (Phi) is 8.49.